The predicted molar refractivity (Wildman–Crippen MR) is 82.9 cm³/mol. The predicted octanol–water partition coefficient (Wildman–Crippen LogP) is 2.25. The molecule has 1 saturated heterocycles. The van der Waals surface area contributed by atoms with Crippen LogP contribution < -0.4 is 10.1 Å². The van der Waals surface area contributed by atoms with Gasteiger partial charge in [0.2, 0.25) is 5.91 Å². The number of ether oxygens (including phenoxy) is 1. The second-order valence-electron chi connectivity index (χ2n) is 5.37. The lowest BCUT2D eigenvalue weighted by molar-refractivity contribution is -0.132. The van der Waals surface area contributed by atoms with E-state index in [0.29, 0.717) is 13.2 Å². The van der Waals surface area contributed by atoms with Gasteiger partial charge < -0.3 is 9.64 Å². The molecule has 7 heteroatoms. The van der Waals surface area contributed by atoms with Gasteiger partial charge in [-0.1, -0.05) is 18.2 Å². The van der Waals surface area contributed by atoms with Gasteiger partial charge in [0.15, 0.2) is 0 Å². The van der Waals surface area contributed by atoms with E-state index >= 15 is 0 Å². The molecule has 0 aromatic heterocycles. The average Bonchev–Trinajstić information content (AvgIpc) is 2.80. The Labute approximate surface area is 135 Å². The number of nitrogens with zero attached hydrogens (tertiary/aromatic N) is 1. The normalized spacial score (nSPS) is 19.4. The van der Waals surface area contributed by atoms with E-state index in [1.54, 1.807) is 7.05 Å². The van der Waals surface area contributed by atoms with Gasteiger partial charge in [0.05, 0.1) is 19.1 Å². The van der Waals surface area contributed by atoms with Crippen molar-refractivity contribution >= 4 is 18.3 Å². The van der Waals surface area contributed by atoms with Crippen LogP contribution in [0, 0.1) is 6.92 Å². The van der Waals surface area contributed by atoms with Crippen LogP contribution in [-0.2, 0) is 4.79 Å². The molecule has 0 saturated carbocycles. The fraction of sp³-hybridized carbons (Fsp3) is 0.533. The number of hydrogen-bond acceptors (Lipinski definition) is 3. The molecule has 1 N–H and O–H groups in total. The molecular weight excluding hydrogens is 314 g/mol. The second kappa shape index (κ2) is 7.74. The third kappa shape index (κ3) is 4.81. The van der Waals surface area contributed by atoms with Gasteiger partial charge in [0.25, 0.3) is 5.92 Å². The lowest BCUT2D eigenvalue weighted by Crippen LogP contribution is -2.43. The highest BCUT2D eigenvalue weighted by Gasteiger charge is 2.43. The molecule has 1 heterocycles. The largest absolute Gasteiger partial charge is 0.491 e. The molecule has 0 aliphatic carbocycles. The summed E-state index contributed by atoms with van der Waals surface area (Å²) in [6.45, 7) is 2.19. The van der Waals surface area contributed by atoms with Gasteiger partial charge in [-0.3, -0.25) is 10.1 Å². The first kappa shape index (κ1) is 18.6. The number of benzene rings is 1. The molecule has 1 aromatic carbocycles. The van der Waals surface area contributed by atoms with Crippen molar-refractivity contribution in [2.45, 2.75) is 25.3 Å². The maximum atomic E-state index is 13.1. The third-order valence-corrected chi connectivity index (χ3v) is 3.56. The summed E-state index contributed by atoms with van der Waals surface area (Å²) in [4.78, 5) is 13.4. The second-order valence-corrected chi connectivity index (χ2v) is 5.37. The van der Waals surface area contributed by atoms with Crippen molar-refractivity contribution in [1.82, 2.24) is 10.2 Å². The minimum atomic E-state index is -2.79. The van der Waals surface area contributed by atoms with Gasteiger partial charge in [-0.05, 0) is 18.6 Å². The number of para-hydroxylation sites is 1. The molecule has 1 fully saturated rings. The average molecular weight is 335 g/mol. The summed E-state index contributed by atoms with van der Waals surface area (Å²) in [5, 5.41) is 2.56. The van der Waals surface area contributed by atoms with E-state index < -0.39 is 24.9 Å². The van der Waals surface area contributed by atoms with Crippen LogP contribution >= 0.6 is 12.4 Å². The first-order valence-electron chi connectivity index (χ1n) is 6.94. The lowest BCUT2D eigenvalue weighted by Gasteiger charge is -2.21. The molecule has 22 heavy (non-hydrogen) atoms. The van der Waals surface area contributed by atoms with Crippen LogP contribution in [0.2, 0.25) is 0 Å². The molecule has 1 atom stereocenters. The van der Waals surface area contributed by atoms with Crippen molar-refractivity contribution in [3.05, 3.63) is 29.8 Å². The van der Waals surface area contributed by atoms with Gasteiger partial charge in [-0.2, -0.15) is 0 Å². The lowest BCUT2D eigenvalue weighted by atomic mass is 10.2. The molecule has 124 valence electrons. The number of carbonyl (C=O) groups excluding carboxylic acids is 1. The Morgan fingerprint density at radius 2 is 2.14 bits per heavy atom. The van der Waals surface area contributed by atoms with Crippen LogP contribution in [0.3, 0.4) is 0 Å². The van der Waals surface area contributed by atoms with Crippen LogP contribution in [0.1, 0.15) is 12.0 Å². The van der Waals surface area contributed by atoms with E-state index in [2.05, 4.69) is 5.32 Å². The van der Waals surface area contributed by atoms with E-state index in [1.165, 1.54) is 4.90 Å². The Bertz CT molecular complexity index is 514. The standard InChI is InChI=1S/C15H20F2N2O2.ClH/c1-11-5-3-4-6-13(11)21-8-7-19(2)14(20)12-9-15(16,17)10-18-12;/h3-6,12,18H,7-10H2,1-2H3;1H. The zero-order valence-corrected chi connectivity index (χ0v) is 13.5. The van der Waals surface area contributed by atoms with Crippen molar-refractivity contribution in [1.29, 1.82) is 0 Å². The Morgan fingerprint density at radius 3 is 2.73 bits per heavy atom. The zero-order chi connectivity index (χ0) is 15.5. The van der Waals surface area contributed by atoms with Gasteiger partial charge in [0, 0.05) is 13.5 Å². The Kier molecular flexibility index (Phi) is 6.56. The van der Waals surface area contributed by atoms with Crippen molar-refractivity contribution in [3.8, 4) is 5.75 Å². The number of carbonyl (C=O) groups is 1. The molecule has 1 amide bonds. The number of likely N-dealkylation sites (N-methyl/N-ethyl adjacent to an activating group) is 1. The van der Waals surface area contributed by atoms with Crippen molar-refractivity contribution in [2.75, 3.05) is 26.7 Å². The molecule has 1 aliphatic heterocycles. The van der Waals surface area contributed by atoms with E-state index in [9.17, 15) is 13.6 Å². The Hall–Kier alpha value is -1.40. The highest BCUT2D eigenvalue weighted by Crippen LogP contribution is 2.25. The van der Waals surface area contributed by atoms with Crippen molar-refractivity contribution < 1.29 is 18.3 Å². The molecule has 1 unspecified atom stereocenters. The summed E-state index contributed by atoms with van der Waals surface area (Å²) >= 11 is 0. The van der Waals surface area contributed by atoms with Crippen LogP contribution in [0.25, 0.3) is 0 Å². The summed E-state index contributed by atoms with van der Waals surface area (Å²) in [5.74, 6) is -2.34. The van der Waals surface area contributed by atoms with E-state index in [0.717, 1.165) is 11.3 Å². The van der Waals surface area contributed by atoms with Gasteiger partial charge >= 0.3 is 0 Å². The van der Waals surface area contributed by atoms with Gasteiger partial charge in [-0.25, -0.2) is 8.78 Å². The minimum absolute atomic E-state index is 0. The van der Waals surface area contributed by atoms with Crippen LogP contribution in [0.5, 0.6) is 5.75 Å². The Balaban J connectivity index is 0.00000242. The SMILES string of the molecule is Cc1ccccc1OCCN(C)C(=O)C1CC(F)(F)CN1.Cl. The van der Waals surface area contributed by atoms with Gasteiger partial charge in [-0.15, -0.1) is 12.4 Å². The first-order chi connectivity index (χ1) is 9.89. The number of alkyl halides is 2. The molecule has 1 aliphatic rings. The summed E-state index contributed by atoms with van der Waals surface area (Å²) in [5.41, 5.74) is 1.02. The van der Waals surface area contributed by atoms with E-state index in [-0.39, 0.29) is 18.3 Å². The maximum Gasteiger partial charge on any atom is 0.262 e. The highest BCUT2D eigenvalue weighted by atomic mass is 35.5. The fourth-order valence-electron chi connectivity index (χ4n) is 2.28. The maximum absolute atomic E-state index is 13.1. The topological polar surface area (TPSA) is 41.6 Å². The summed E-state index contributed by atoms with van der Waals surface area (Å²) in [6, 6.07) is 6.79. The number of aryl methyl sites for hydroxylation is 1. The van der Waals surface area contributed by atoms with E-state index in [4.69, 9.17) is 4.74 Å². The summed E-state index contributed by atoms with van der Waals surface area (Å²) < 4.78 is 31.8. The molecule has 0 spiro atoms. The molecule has 2 rings (SSSR count). The molecular formula is C15H21ClF2N2O2. The minimum Gasteiger partial charge on any atom is -0.491 e. The summed E-state index contributed by atoms with van der Waals surface area (Å²) in [7, 11) is 1.60. The van der Waals surface area contributed by atoms with Crippen molar-refractivity contribution in [2.24, 2.45) is 0 Å². The number of rotatable bonds is 5. The van der Waals surface area contributed by atoms with Crippen LogP contribution in [0.4, 0.5) is 8.78 Å². The van der Waals surface area contributed by atoms with E-state index in [1.807, 2.05) is 31.2 Å². The van der Waals surface area contributed by atoms with Crippen LogP contribution in [-0.4, -0.2) is 49.5 Å². The highest BCUT2D eigenvalue weighted by molar-refractivity contribution is 5.85. The Morgan fingerprint density at radius 1 is 1.45 bits per heavy atom. The molecule has 0 radical (unpaired) electrons. The van der Waals surface area contributed by atoms with Crippen LogP contribution in [0.15, 0.2) is 24.3 Å². The smallest absolute Gasteiger partial charge is 0.262 e. The summed E-state index contributed by atoms with van der Waals surface area (Å²) in [6.07, 6.45) is -0.436. The quantitative estimate of drug-likeness (QED) is 0.898. The number of amides is 1. The zero-order valence-electron chi connectivity index (χ0n) is 12.6. The first-order valence-corrected chi connectivity index (χ1v) is 6.94. The number of nitrogens with one attached hydrogen (secondary N) is 1. The molecule has 1 aromatic rings. The van der Waals surface area contributed by atoms with Gasteiger partial charge in [0.1, 0.15) is 12.4 Å². The molecule has 0 bridgehead atoms. The third-order valence-electron chi connectivity index (χ3n) is 3.56. The number of halogens is 3. The molecule has 4 nitrogen and oxygen atoms in total. The number of hydrogen-bond donors (Lipinski definition) is 1. The fourth-order valence-corrected chi connectivity index (χ4v) is 2.28. The monoisotopic (exact) mass is 334 g/mol. The van der Waals surface area contributed by atoms with Crippen molar-refractivity contribution in [3.63, 3.8) is 0 Å².